The van der Waals surface area contributed by atoms with E-state index in [0.29, 0.717) is 17.9 Å². The molecule has 0 unspecified atom stereocenters. The van der Waals surface area contributed by atoms with Crippen LogP contribution in [0.15, 0.2) is 17.9 Å². The molecule has 0 amide bonds. The molecule has 1 rings (SSSR count). The lowest BCUT2D eigenvalue weighted by molar-refractivity contribution is 0.0477. The summed E-state index contributed by atoms with van der Waals surface area (Å²) in [5, 5.41) is 0. The summed E-state index contributed by atoms with van der Waals surface area (Å²) in [7, 11) is 0. The molecule has 0 fully saturated rings. The van der Waals surface area contributed by atoms with Gasteiger partial charge in [0.15, 0.2) is 0 Å². The van der Waals surface area contributed by atoms with E-state index in [0.717, 1.165) is 0 Å². The van der Waals surface area contributed by atoms with E-state index in [-0.39, 0.29) is 24.3 Å². The van der Waals surface area contributed by atoms with E-state index in [1.165, 1.54) is 0 Å². The molecule has 8 heteroatoms. The van der Waals surface area contributed by atoms with Crippen molar-refractivity contribution in [1.82, 2.24) is 0 Å². The minimum Gasteiger partial charge on any atom is -0.462 e. The van der Waals surface area contributed by atoms with Gasteiger partial charge in [0.25, 0.3) is 0 Å². The average Bonchev–Trinajstić information content (AvgIpc) is 2.40. The van der Waals surface area contributed by atoms with E-state index in [2.05, 4.69) is 63.7 Å². The first-order chi connectivity index (χ1) is 9.36. The standard InChI is InChI=1S/C12H10Br4O4/c1-3-19-11(17)5-6(12(18)20-4-2)8(14)10(16)9(15)7(5)13/h3-4H2,1-2H3. The smallest absolute Gasteiger partial charge is 0.340 e. The van der Waals surface area contributed by atoms with Crippen molar-refractivity contribution in [3.05, 3.63) is 29.0 Å². The second kappa shape index (κ2) is 7.91. The Morgan fingerprint density at radius 1 is 0.750 bits per heavy atom. The number of ether oxygens (including phenoxy) is 2. The molecule has 0 spiro atoms. The number of benzene rings is 1. The number of rotatable bonds is 4. The lowest BCUT2D eigenvalue weighted by Crippen LogP contribution is -2.16. The molecule has 110 valence electrons. The van der Waals surface area contributed by atoms with Crippen molar-refractivity contribution in [3.63, 3.8) is 0 Å². The molecule has 0 aliphatic rings. The minimum atomic E-state index is -0.601. The van der Waals surface area contributed by atoms with Gasteiger partial charge < -0.3 is 9.47 Å². The quantitative estimate of drug-likeness (QED) is 0.305. The van der Waals surface area contributed by atoms with E-state index >= 15 is 0 Å². The minimum absolute atomic E-state index is 0.118. The fraction of sp³-hybridized carbons (Fsp3) is 0.333. The highest BCUT2D eigenvalue weighted by atomic mass is 79.9. The van der Waals surface area contributed by atoms with Gasteiger partial charge >= 0.3 is 11.9 Å². The monoisotopic (exact) mass is 534 g/mol. The molecule has 0 bridgehead atoms. The van der Waals surface area contributed by atoms with Gasteiger partial charge in [-0.3, -0.25) is 0 Å². The van der Waals surface area contributed by atoms with Crippen LogP contribution in [0.3, 0.4) is 0 Å². The highest BCUT2D eigenvalue weighted by molar-refractivity contribution is 9.15. The molecule has 0 atom stereocenters. The molecule has 0 aliphatic carbocycles. The van der Waals surface area contributed by atoms with Crippen LogP contribution >= 0.6 is 63.7 Å². The lowest BCUT2D eigenvalue weighted by Gasteiger charge is -2.15. The molecule has 0 saturated carbocycles. The van der Waals surface area contributed by atoms with Crippen LogP contribution in [0.4, 0.5) is 0 Å². The first kappa shape index (κ1) is 18.1. The number of halogens is 4. The highest BCUT2D eigenvalue weighted by Gasteiger charge is 2.29. The Bertz CT molecular complexity index is 508. The summed E-state index contributed by atoms with van der Waals surface area (Å²) in [5.41, 5.74) is 0.236. The van der Waals surface area contributed by atoms with E-state index in [1.54, 1.807) is 13.8 Å². The number of carbonyl (C=O) groups excluding carboxylic acids is 2. The highest BCUT2D eigenvalue weighted by Crippen LogP contribution is 2.42. The second-order valence-electron chi connectivity index (χ2n) is 3.45. The molecule has 0 heterocycles. The molecule has 0 aromatic heterocycles. The maximum absolute atomic E-state index is 12.1. The van der Waals surface area contributed by atoms with Gasteiger partial charge in [0, 0.05) is 17.9 Å². The van der Waals surface area contributed by atoms with E-state index in [1.807, 2.05) is 0 Å². The fourth-order valence-electron chi connectivity index (χ4n) is 1.42. The maximum atomic E-state index is 12.1. The average molecular weight is 538 g/mol. The van der Waals surface area contributed by atoms with Crippen molar-refractivity contribution in [2.45, 2.75) is 13.8 Å². The van der Waals surface area contributed by atoms with Gasteiger partial charge in [0.1, 0.15) is 0 Å². The zero-order valence-corrected chi connectivity index (χ0v) is 16.9. The van der Waals surface area contributed by atoms with Crippen LogP contribution < -0.4 is 0 Å². The summed E-state index contributed by atoms with van der Waals surface area (Å²) >= 11 is 13.3. The number of hydrogen-bond acceptors (Lipinski definition) is 4. The third-order valence-corrected chi connectivity index (χ3v) is 6.99. The number of carbonyl (C=O) groups is 2. The molecular formula is C12H10Br4O4. The molecule has 20 heavy (non-hydrogen) atoms. The topological polar surface area (TPSA) is 52.6 Å². The lowest BCUT2D eigenvalue weighted by atomic mass is 10.1. The normalized spacial score (nSPS) is 10.3. The van der Waals surface area contributed by atoms with Gasteiger partial charge in [-0.15, -0.1) is 0 Å². The van der Waals surface area contributed by atoms with Crippen LogP contribution in [0.25, 0.3) is 0 Å². The van der Waals surface area contributed by atoms with Gasteiger partial charge in [0.05, 0.1) is 24.3 Å². The molecule has 0 radical (unpaired) electrons. The summed E-state index contributed by atoms with van der Waals surface area (Å²) in [6, 6.07) is 0. The first-order valence-corrected chi connectivity index (χ1v) is 8.74. The van der Waals surface area contributed by atoms with Crippen LogP contribution in [0, 0.1) is 0 Å². The first-order valence-electron chi connectivity index (χ1n) is 5.56. The Kier molecular flexibility index (Phi) is 7.17. The van der Waals surface area contributed by atoms with Crippen LogP contribution in [0.1, 0.15) is 34.6 Å². The summed E-state index contributed by atoms with van der Waals surface area (Å²) in [6.45, 7) is 3.80. The van der Waals surface area contributed by atoms with Crippen molar-refractivity contribution in [3.8, 4) is 0 Å². The second-order valence-corrected chi connectivity index (χ2v) is 6.62. The van der Waals surface area contributed by atoms with Crippen LogP contribution in [0.2, 0.25) is 0 Å². The van der Waals surface area contributed by atoms with Crippen molar-refractivity contribution in [2.75, 3.05) is 13.2 Å². The van der Waals surface area contributed by atoms with Crippen molar-refractivity contribution in [2.24, 2.45) is 0 Å². The molecule has 1 aromatic rings. The summed E-state index contributed by atoms with van der Waals surface area (Å²) in [6.07, 6.45) is 0. The molecule has 1 aromatic carbocycles. The Balaban J connectivity index is 3.60. The predicted octanol–water partition coefficient (Wildman–Crippen LogP) is 5.09. The number of hydrogen-bond donors (Lipinski definition) is 0. The summed E-state index contributed by atoms with van der Waals surface area (Å²) in [5.74, 6) is -1.20. The fourth-order valence-corrected chi connectivity index (χ4v) is 3.86. The molecule has 4 nitrogen and oxygen atoms in total. The van der Waals surface area contributed by atoms with E-state index in [9.17, 15) is 9.59 Å². The molecular weight excluding hydrogens is 528 g/mol. The SMILES string of the molecule is CCOC(=O)c1c(Br)c(Br)c(Br)c(Br)c1C(=O)OCC. The zero-order valence-electron chi connectivity index (χ0n) is 10.6. The van der Waals surface area contributed by atoms with E-state index < -0.39 is 11.9 Å². The third kappa shape index (κ3) is 3.64. The molecule has 0 N–H and O–H groups in total. The van der Waals surface area contributed by atoms with Crippen molar-refractivity contribution >= 4 is 75.7 Å². The number of esters is 2. The summed E-state index contributed by atoms with van der Waals surface area (Å²) in [4.78, 5) is 24.2. The summed E-state index contributed by atoms with van der Waals surface area (Å²) < 4.78 is 12.0. The van der Waals surface area contributed by atoms with Gasteiger partial charge in [-0.05, 0) is 77.6 Å². The maximum Gasteiger partial charge on any atom is 0.340 e. The van der Waals surface area contributed by atoms with Crippen LogP contribution in [0.5, 0.6) is 0 Å². The van der Waals surface area contributed by atoms with Crippen molar-refractivity contribution < 1.29 is 19.1 Å². The van der Waals surface area contributed by atoms with E-state index in [4.69, 9.17) is 9.47 Å². The van der Waals surface area contributed by atoms with Gasteiger partial charge in [-0.2, -0.15) is 0 Å². The van der Waals surface area contributed by atoms with Gasteiger partial charge in [-0.1, -0.05) is 0 Å². The Morgan fingerprint density at radius 3 is 1.30 bits per heavy atom. The molecule has 0 saturated heterocycles. The molecule has 0 aliphatic heterocycles. The van der Waals surface area contributed by atoms with Crippen LogP contribution in [-0.2, 0) is 9.47 Å². The predicted molar refractivity (Wildman–Crippen MR) is 89.2 cm³/mol. The Morgan fingerprint density at radius 2 is 1.05 bits per heavy atom. The Labute approximate surface area is 150 Å². The van der Waals surface area contributed by atoms with Gasteiger partial charge in [-0.25, -0.2) is 9.59 Å². The van der Waals surface area contributed by atoms with Crippen LogP contribution in [-0.4, -0.2) is 25.2 Å². The zero-order chi connectivity index (χ0) is 15.4. The largest absolute Gasteiger partial charge is 0.462 e. The van der Waals surface area contributed by atoms with Gasteiger partial charge in [0.2, 0.25) is 0 Å². The Hall–Kier alpha value is 0.0800. The third-order valence-electron chi connectivity index (χ3n) is 2.23. The van der Waals surface area contributed by atoms with Crippen molar-refractivity contribution in [1.29, 1.82) is 0 Å².